The number of hydrogen-bond donors (Lipinski definition) is 2. The van der Waals surface area contributed by atoms with Gasteiger partial charge in [0.1, 0.15) is 17.0 Å². The van der Waals surface area contributed by atoms with Gasteiger partial charge in [0, 0.05) is 0 Å². The van der Waals surface area contributed by atoms with Crippen LogP contribution in [0.4, 0.5) is 25.8 Å². The number of fused-ring (bicyclic) bond motifs is 1. The minimum Gasteiger partial charge on any atom is -0.349 e. The van der Waals surface area contributed by atoms with Gasteiger partial charge in [0.05, 0.1) is 26.3 Å². The molecule has 5 nitrogen and oxygen atoms in total. The molecule has 1 heterocycles. The van der Waals surface area contributed by atoms with E-state index < -0.39 is 26.4 Å². The maximum absolute atomic E-state index is 15.3. The summed E-state index contributed by atoms with van der Waals surface area (Å²) in [6.45, 7) is 5.54. The normalized spacial score (nSPS) is 15.2. The highest BCUT2D eigenvalue weighted by Gasteiger charge is 2.53. The van der Waals surface area contributed by atoms with E-state index in [1.807, 2.05) is 6.92 Å². The Balaban J connectivity index is 1.79. The summed E-state index contributed by atoms with van der Waals surface area (Å²) in [5.41, 5.74) is 2.30. The van der Waals surface area contributed by atoms with Crippen LogP contribution in [0, 0.1) is 11.6 Å². The van der Waals surface area contributed by atoms with E-state index in [4.69, 9.17) is 0 Å². The number of nitrogens with one attached hydrogen (secondary N) is 2. The molecule has 1 aliphatic rings. The van der Waals surface area contributed by atoms with Crippen LogP contribution in [0.1, 0.15) is 31.7 Å². The van der Waals surface area contributed by atoms with Gasteiger partial charge in [-0.15, -0.1) is 17.9 Å². The van der Waals surface area contributed by atoms with Gasteiger partial charge in [0.2, 0.25) is 10.0 Å². The summed E-state index contributed by atoms with van der Waals surface area (Å²) in [5.74, 6) is -1.29. The van der Waals surface area contributed by atoms with Crippen LogP contribution in [-0.4, -0.2) is 18.1 Å². The largest absolute Gasteiger partial charge is 0.349 e. The van der Waals surface area contributed by atoms with Crippen LogP contribution in [0.3, 0.4) is 0 Å². The molecule has 9 heteroatoms. The lowest BCUT2D eigenvalue weighted by Crippen LogP contribution is -2.29. The van der Waals surface area contributed by atoms with Crippen molar-refractivity contribution < 1.29 is 17.2 Å². The van der Waals surface area contributed by atoms with Gasteiger partial charge in [-0.05, 0) is 49.4 Å². The molecule has 0 spiro atoms. The van der Waals surface area contributed by atoms with Crippen molar-refractivity contribution in [3.05, 3.63) is 59.6 Å². The number of nitrogens with zero attached hydrogens (tertiary/aromatic N) is 1. The van der Waals surface area contributed by atoms with Crippen molar-refractivity contribution >= 4 is 48.6 Å². The number of halogens is 2. The first kappa shape index (κ1) is 20.7. The zero-order valence-electron chi connectivity index (χ0n) is 16.3. The first-order valence-corrected chi connectivity index (χ1v) is 11.9. The van der Waals surface area contributed by atoms with Gasteiger partial charge in [-0.25, -0.2) is 22.2 Å². The lowest BCUT2D eigenvalue weighted by molar-refractivity contribution is 0.582. The van der Waals surface area contributed by atoms with E-state index in [2.05, 4.69) is 21.6 Å². The molecule has 0 bridgehead atoms. The Kier molecular flexibility index (Phi) is 5.27. The molecule has 0 saturated heterocycles. The molecule has 1 aromatic heterocycles. The average molecular weight is 450 g/mol. The molecule has 30 heavy (non-hydrogen) atoms. The standard InChI is InChI=1S/C21H21F2N3O2S2/c1-3-7-21(8-9-21)30(27,28)26-16-11-17-20(24-12-29-17)18(23)19(16)25-15-6-5-13(4-2)10-14(15)22/h3,5-6,10-12,25-26H,1,4,7-9H2,2H3. The molecule has 2 aromatic carbocycles. The Morgan fingerprint density at radius 3 is 2.67 bits per heavy atom. The topological polar surface area (TPSA) is 71.1 Å². The Morgan fingerprint density at radius 1 is 1.27 bits per heavy atom. The van der Waals surface area contributed by atoms with Crippen LogP contribution >= 0.6 is 11.3 Å². The second-order valence-corrected chi connectivity index (χ2v) is 10.3. The first-order valence-electron chi connectivity index (χ1n) is 9.54. The summed E-state index contributed by atoms with van der Waals surface area (Å²) >= 11 is 1.19. The van der Waals surface area contributed by atoms with Crippen molar-refractivity contribution in [3.63, 3.8) is 0 Å². The molecule has 1 aliphatic carbocycles. The molecule has 0 amide bonds. The molecule has 0 unspecified atom stereocenters. The fourth-order valence-corrected chi connectivity index (χ4v) is 5.77. The van der Waals surface area contributed by atoms with Gasteiger partial charge in [-0.1, -0.05) is 19.1 Å². The lowest BCUT2D eigenvalue weighted by atomic mass is 10.1. The highest BCUT2D eigenvalue weighted by Crippen LogP contribution is 2.48. The van der Waals surface area contributed by atoms with E-state index in [0.29, 0.717) is 30.4 Å². The number of hydrogen-bond acceptors (Lipinski definition) is 5. The van der Waals surface area contributed by atoms with E-state index >= 15 is 4.39 Å². The molecule has 4 rings (SSSR count). The van der Waals surface area contributed by atoms with Crippen LogP contribution in [0.2, 0.25) is 0 Å². The predicted molar refractivity (Wildman–Crippen MR) is 118 cm³/mol. The number of rotatable bonds is 8. The minimum absolute atomic E-state index is 0.0264. The summed E-state index contributed by atoms with van der Waals surface area (Å²) < 4.78 is 57.9. The van der Waals surface area contributed by atoms with Crippen molar-refractivity contribution in [2.45, 2.75) is 37.4 Å². The predicted octanol–water partition coefficient (Wildman–Crippen LogP) is 5.73. The van der Waals surface area contributed by atoms with E-state index in [9.17, 15) is 12.8 Å². The van der Waals surface area contributed by atoms with E-state index in [1.54, 1.807) is 12.1 Å². The summed E-state index contributed by atoms with van der Waals surface area (Å²) in [7, 11) is -3.81. The van der Waals surface area contributed by atoms with Crippen molar-refractivity contribution in [2.24, 2.45) is 0 Å². The van der Waals surface area contributed by atoms with Gasteiger partial charge in [-0.2, -0.15) is 0 Å². The van der Waals surface area contributed by atoms with E-state index in [-0.39, 0.29) is 22.6 Å². The molecule has 3 aromatic rings. The van der Waals surface area contributed by atoms with Crippen molar-refractivity contribution in [1.29, 1.82) is 0 Å². The third kappa shape index (κ3) is 3.56. The lowest BCUT2D eigenvalue weighted by Gasteiger charge is -2.20. The number of anilines is 3. The second kappa shape index (κ2) is 7.63. The number of benzene rings is 2. The number of aryl methyl sites for hydroxylation is 1. The molecular formula is C21H21F2N3O2S2. The summed E-state index contributed by atoms with van der Waals surface area (Å²) in [6, 6.07) is 6.14. The van der Waals surface area contributed by atoms with E-state index in [1.165, 1.54) is 35.0 Å². The Bertz CT molecular complexity index is 1230. The monoisotopic (exact) mass is 449 g/mol. The molecule has 1 saturated carbocycles. The molecular weight excluding hydrogens is 428 g/mol. The second-order valence-electron chi connectivity index (χ2n) is 7.39. The van der Waals surface area contributed by atoms with Crippen LogP contribution in [0.5, 0.6) is 0 Å². The molecule has 0 radical (unpaired) electrons. The van der Waals surface area contributed by atoms with Crippen molar-refractivity contribution in [2.75, 3.05) is 10.0 Å². The maximum atomic E-state index is 15.3. The molecule has 0 aliphatic heterocycles. The average Bonchev–Trinajstić information content (AvgIpc) is 3.35. The SMILES string of the molecule is C=CCC1(S(=O)(=O)Nc2cc3scnc3c(F)c2Nc2ccc(CC)cc2F)CC1. The zero-order chi connectivity index (χ0) is 21.5. The highest BCUT2D eigenvalue weighted by molar-refractivity contribution is 7.94. The maximum Gasteiger partial charge on any atom is 0.238 e. The number of aromatic nitrogens is 1. The minimum atomic E-state index is -3.81. The number of allylic oxidation sites excluding steroid dienone is 1. The summed E-state index contributed by atoms with van der Waals surface area (Å²) in [6.07, 6.45) is 3.56. The molecule has 1 fully saturated rings. The first-order chi connectivity index (χ1) is 14.3. The fraction of sp³-hybridized carbons (Fsp3) is 0.286. The smallest absolute Gasteiger partial charge is 0.238 e. The van der Waals surface area contributed by atoms with Crippen LogP contribution in [0.25, 0.3) is 10.2 Å². The van der Waals surface area contributed by atoms with Crippen molar-refractivity contribution in [1.82, 2.24) is 4.98 Å². The Labute approximate surface area is 177 Å². The molecule has 2 N–H and O–H groups in total. The fourth-order valence-electron chi connectivity index (χ4n) is 3.42. The summed E-state index contributed by atoms with van der Waals surface area (Å²) in [4.78, 5) is 4.02. The zero-order valence-corrected chi connectivity index (χ0v) is 18.0. The summed E-state index contributed by atoms with van der Waals surface area (Å²) in [5, 5.41) is 2.74. The highest BCUT2D eigenvalue weighted by atomic mass is 32.2. The number of sulfonamides is 1. The quantitative estimate of drug-likeness (QED) is 0.431. The van der Waals surface area contributed by atoms with Crippen LogP contribution in [0.15, 0.2) is 42.4 Å². The van der Waals surface area contributed by atoms with Gasteiger partial charge in [0.25, 0.3) is 0 Å². The van der Waals surface area contributed by atoms with Crippen LogP contribution in [-0.2, 0) is 16.4 Å². The Morgan fingerprint density at radius 2 is 2.03 bits per heavy atom. The van der Waals surface area contributed by atoms with Gasteiger partial charge in [-0.3, -0.25) is 4.72 Å². The third-order valence-corrected chi connectivity index (χ3v) is 8.39. The number of thiazole rings is 1. The Hall–Kier alpha value is -2.52. The van der Waals surface area contributed by atoms with Crippen LogP contribution < -0.4 is 10.0 Å². The van der Waals surface area contributed by atoms with E-state index in [0.717, 1.165) is 5.56 Å². The molecule has 158 valence electrons. The molecule has 0 atom stereocenters. The van der Waals surface area contributed by atoms with Gasteiger partial charge in [0.15, 0.2) is 5.82 Å². The third-order valence-electron chi connectivity index (χ3n) is 5.41. The van der Waals surface area contributed by atoms with Gasteiger partial charge < -0.3 is 5.32 Å². The van der Waals surface area contributed by atoms with Gasteiger partial charge >= 0.3 is 0 Å². The van der Waals surface area contributed by atoms with Crippen molar-refractivity contribution in [3.8, 4) is 0 Å².